The highest BCUT2D eigenvalue weighted by Crippen LogP contribution is 2.27. The maximum absolute atomic E-state index is 13.3. The van der Waals surface area contributed by atoms with E-state index in [0.717, 1.165) is 30.6 Å². The number of para-hydroxylation sites is 2. The fourth-order valence-corrected chi connectivity index (χ4v) is 3.86. The highest BCUT2D eigenvalue weighted by Gasteiger charge is 2.38. The van der Waals surface area contributed by atoms with Crippen molar-refractivity contribution in [1.29, 1.82) is 0 Å². The summed E-state index contributed by atoms with van der Waals surface area (Å²) in [4.78, 5) is 31.0. The van der Waals surface area contributed by atoms with E-state index in [4.69, 9.17) is 0 Å². The molecule has 1 aromatic heterocycles. The van der Waals surface area contributed by atoms with Gasteiger partial charge in [-0.3, -0.25) is 14.2 Å². The van der Waals surface area contributed by atoms with Gasteiger partial charge in [-0.25, -0.2) is 4.98 Å². The molecule has 1 aliphatic heterocycles. The molecule has 1 N–H and O–H groups in total. The molecule has 1 aromatic carbocycles. The van der Waals surface area contributed by atoms with Crippen molar-refractivity contribution in [2.24, 2.45) is 0 Å². The van der Waals surface area contributed by atoms with Crippen molar-refractivity contribution in [3.8, 4) is 0 Å². The minimum absolute atomic E-state index is 0.0187. The number of fused-ring (bicyclic) bond motifs is 1. The van der Waals surface area contributed by atoms with E-state index in [-0.39, 0.29) is 11.0 Å². The van der Waals surface area contributed by atoms with Crippen molar-refractivity contribution in [3.05, 3.63) is 40.3 Å². The molecule has 1 amide bonds. The molecule has 0 radical (unpaired) electrons. The number of rotatable bonds is 6. The van der Waals surface area contributed by atoms with Crippen molar-refractivity contribution in [3.63, 3.8) is 0 Å². The number of hydrogen-bond donors (Lipinski definition) is 1. The molecule has 1 atom stereocenters. The molecule has 30 heavy (non-hydrogen) atoms. The van der Waals surface area contributed by atoms with E-state index in [9.17, 15) is 22.8 Å². The van der Waals surface area contributed by atoms with Crippen molar-refractivity contribution in [2.75, 3.05) is 26.2 Å². The second-order valence-electron chi connectivity index (χ2n) is 7.70. The van der Waals surface area contributed by atoms with Gasteiger partial charge in [-0.05, 0) is 58.0 Å². The number of alkyl halides is 3. The van der Waals surface area contributed by atoms with Crippen LogP contribution in [0.4, 0.5) is 13.2 Å². The normalized spacial score (nSPS) is 16.9. The highest BCUT2D eigenvalue weighted by molar-refractivity contribution is 5.83. The zero-order valence-corrected chi connectivity index (χ0v) is 17.0. The van der Waals surface area contributed by atoms with Crippen LogP contribution in [0.3, 0.4) is 0 Å². The van der Waals surface area contributed by atoms with Crippen LogP contribution in [0.5, 0.6) is 0 Å². The van der Waals surface area contributed by atoms with Gasteiger partial charge in [0.2, 0.25) is 11.6 Å². The largest absolute Gasteiger partial charge is 0.438 e. The molecule has 0 bridgehead atoms. The van der Waals surface area contributed by atoms with Crippen molar-refractivity contribution in [2.45, 2.75) is 51.2 Å². The summed E-state index contributed by atoms with van der Waals surface area (Å²) in [6, 6.07) is 4.93. The van der Waals surface area contributed by atoms with Gasteiger partial charge >= 0.3 is 6.18 Å². The third-order valence-corrected chi connectivity index (χ3v) is 5.48. The lowest BCUT2D eigenvalue weighted by Gasteiger charge is -2.21. The summed E-state index contributed by atoms with van der Waals surface area (Å²) in [7, 11) is 0. The van der Waals surface area contributed by atoms with E-state index in [2.05, 4.69) is 15.2 Å². The number of aromatic nitrogens is 2. The SMILES string of the molecule is CC(C(=O)NCCCN1CCCCCC1)n1c(=O)c(C(F)(F)F)nc2ccccc21. The van der Waals surface area contributed by atoms with Crippen LogP contribution >= 0.6 is 0 Å². The molecule has 0 aliphatic carbocycles. The van der Waals surface area contributed by atoms with Gasteiger partial charge in [0.1, 0.15) is 6.04 Å². The predicted octanol–water partition coefficient (Wildman–Crippen LogP) is 3.36. The molecule has 9 heteroatoms. The van der Waals surface area contributed by atoms with Gasteiger partial charge in [0.05, 0.1) is 11.0 Å². The van der Waals surface area contributed by atoms with E-state index < -0.39 is 29.4 Å². The summed E-state index contributed by atoms with van der Waals surface area (Å²) in [6.45, 7) is 4.82. The Morgan fingerprint density at radius 3 is 2.50 bits per heavy atom. The zero-order chi connectivity index (χ0) is 21.7. The lowest BCUT2D eigenvalue weighted by atomic mass is 10.2. The molecular formula is C21H27F3N4O2. The molecule has 1 aliphatic rings. The highest BCUT2D eigenvalue weighted by atomic mass is 19.4. The van der Waals surface area contributed by atoms with Crippen LogP contribution in [0.15, 0.2) is 29.1 Å². The summed E-state index contributed by atoms with van der Waals surface area (Å²) in [5, 5.41) is 2.76. The topological polar surface area (TPSA) is 67.2 Å². The Hall–Kier alpha value is -2.42. The summed E-state index contributed by atoms with van der Waals surface area (Å²) >= 11 is 0. The first-order chi connectivity index (χ1) is 14.3. The Balaban J connectivity index is 1.72. The van der Waals surface area contributed by atoms with Gasteiger partial charge < -0.3 is 10.2 Å². The quantitative estimate of drug-likeness (QED) is 0.723. The number of benzene rings is 1. The molecule has 0 spiro atoms. The molecule has 3 rings (SSSR count). The Bertz CT molecular complexity index is 934. The molecule has 1 saturated heterocycles. The molecule has 2 heterocycles. The van der Waals surface area contributed by atoms with Crippen LogP contribution < -0.4 is 10.9 Å². The van der Waals surface area contributed by atoms with E-state index in [1.54, 1.807) is 6.07 Å². The van der Waals surface area contributed by atoms with Gasteiger partial charge in [0.25, 0.3) is 5.56 Å². The van der Waals surface area contributed by atoms with Crippen molar-refractivity contribution < 1.29 is 18.0 Å². The van der Waals surface area contributed by atoms with Crippen LogP contribution in [0, 0.1) is 0 Å². The number of hydrogen-bond acceptors (Lipinski definition) is 4. The van der Waals surface area contributed by atoms with E-state index >= 15 is 0 Å². The van der Waals surface area contributed by atoms with Crippen LogP contribution in [0.1, 0.15) is 50.8 Å². The molecular weight excluding hydrogens is 397 g/mol. The molecule has 1 fully saturated rings. The first kappa shape index (κ1) is 22.3. The van der Waals surface area contributed by atoms with Crippen molar-refractivity contribution >= 4 is 16.9 Å². The van der Waals surface area contributed by atoms with Crippen LogP contribution in [0.25, 0.3) is 11.0 Å². The summed E-state index contributed by atoms with van der Waals surface area (Å²) < 4.78 is 40.8. The number of nitrogens with zero attached hydrogens (tertiary/aromatic N) is 3. The Morgan fingerprint density at radius 2 is 1.83 bits per heavy atom. The van der Waals surface area contributed by atoms with Gasteiger partial charge in [-0.1, -0.05) is 25.0 Å². The van der Waals surface area contributed by atoms with Gasteiger partial charge in [-0.2, -0.15) is 13.2 Å². The Kier molecular flexibility index (Phi) is 7.12. The van der Waals surface area contributed by atoms with Gasteiger partial charge in [0.15, 0.2) is 0 Å². The first-order valence-electron chi connectivity index (χ1n) is 10.4. The Morgan fingerprint density at radius 1 is 1.17 bits per heavy atom. The van der Waals surface area contributed by atoms with Crippen LogP contribution in [0.2, 0.25) is 0 Å². The molecule has 6 nitrogen and oxygen atoms in total. The fourth-order valence-electron chi connectivity index (χ4n) is 3.86. The number of carbonyl (C=O) groups is 1. The number of halogens is 3. The van der Waals surface area contributed by atoms with Gasteiger partial charge in [0, 0.05) is 6.54 Å². The average Bonchev–Trinajstić information content (AvgIpc) is 2.98. The minimum Gasteiger partial charge on any atom is -0.354 e. The molecule has 1 unspecified atom stereocenters. The van der Waals surface area contributed by atoms with Crippen molar-refractivity contribution in [1.82, 2.24) is 19.8 Å². The smallest absolute Gasteiger partial charge is 0.354 e. The van der Waals surface area contributed by atoms with E-state index in [1.807, 2.05) is 0 Å². The molecule has 164 valence electrons. The third kappa shape index (κ3) is 5.19. The number of likely N-dealkylation sites (tertiary alicyclic amines) is 1. The maximum atomic E-state index is 13.3. The summed E-state index contributed by atoms with van der Waals surface area (Å²) in [5.74, 6) is -0.488. The fraction of sp³-hybridized carbons (Fsp3) is 0.571. The zero-order valence-electron chi connectivity index (χ0n) is 17.0. The average molecular weight is 424 g/mol. The van der Waals surface area contributed by atoms with Crippen LogP contribution in [-0.4, -0.2) is 46.5 Å². The summed E-state index contributed by atoms with van der Waals surface area (Å²) in [5.41, 5.74) is -2.61. The lowest BCUT2D eigenvalue weighted by molar-refractivity contribution is -0.142. The first-order valence-corrected chi connectivity index (χ1v) is 10.4. The predicted molar refractivity (Wildman–Crippen MR) is 108 cm³/mol. The number of amides is 1. The van der Waals surface area contributed by atoms with Gasteiger partial charge in [-0.15, -0.1) is 0 Å². The van der Waals surface area contributed by atoms with E-state index in [0.29, 0.717) is 6.54 Å². The lowest BCUT2D eigenvalue weighted by Crippen LogP contribution is -2.39. The monoisotopic (exact) mass is 424 g/mol. The minimum atomic E-state index is -4.90. The summed E-state index contributed by atoms with van der Waals surface area (Å²) in [6.07, 6.45) is 0.717. The standard InChI is InChI=1S/C21H27F3N4O2/c1-15(19(29)25-11-8-14-27-12-6-2-3-7-13-27)28-17-10-5-4-9-16(17)26-18(20(28)30)21(22,23)24/h4-5,9-10,15H,2-3,6-8,11-14H2,1H3,(H,25,29). The Labute approximate surface area is 173 Å². The second kappa shape index (κ2) is 9.59. The second-order valence-corrected chi connectivity index (χ2v) is 7.70. The van der Waals surface area contributed by atoms with Crippen LogP contribution in [-0.2, 0) is 11.0 Å². The number of carbonyl (C=O) groups excluding carboxylic acids is 1. The third-order valence-electron chi connectivity index (χ3n) is 5.48. The van der Waals surface area contributed by atoms with E-state index in [1.165, 1.54) is 50.8 Å². The maximum Gasteiger partial charge on any atom is 0.438 e. The molecule has 0 saturated carbocycles. The molecule has 2 aromatic rings. The number of nitrogens with one attached hydrogen (secondary N) is 1.